The standard InChI is InChI=1S/C57H91NO17S/c1-36-16-12-11-13-17-37(2)48(73-27-29-76(67,68)28-26-69-8)34-44-21-19-42(7)57(66,75-44)54(63)55(64)58-23-15-14-18-45(58)56(65)74-49(39(4)32-43-20-22-47(72-25-24-59)50(33-43)70-9)35-46(60)38(3)31-41(6)52(62)53(71-10)51(61)40(5)30-36/h11-13,16-17,31,36,38-40,42-45,47-50,52-53,59,62,66H,14-15,18-30,32-35H2,1-10H3/b13-11?,16-12+,37-17?,41-31+/t36-,38-,39-,40-,42-,43+,44+,45+,47-,48?,49+,50-,52+,53+,57-/m1/s1. The first-order valence-electron chi connectivity index (χ1n) is 27.5. The number of aliphatic hydroxyl groups excluding tert-OH is 2. The molecule has 19 heteroatoms. The second-order valence-corrected chi connectivity index (χ2v) is 24.2. The molecule has 2 saturated heterocycles. The second kappa shape index (κ2) is 31.3. The Morgan fingerprint density at radius 3 is 2.24 bits per heavy atom. The van der Waals surface area contributed by atoms with Gasteiger partial charge in [0, 0.05) is 58.5 Å². The summed E-state index contributed by atoms with van der Waals surface area (Å²) in [5, 5.41) is 33.1. The molecular weight excluding hydrogens is 1000 g/mol. The number of hydrogen-bond acceptors (Lipinski definition) is 17. The summed E-state index contributed by atoms with van der Waals surface area (Å²) < 4.78 is 66.5. The lowest BCUT2D eigenvalue weighted by Gasteiger charge is -2.43. The van der Waals surface area contributed by atoms with E-state index in [0.29, 0.717) is 62.5 Å². The number of Topliss-reactive ketones (excluding diaryl/α,β-unsaturated/α-hetero) is 3. The normalized spacial score (nSPS) is 35.4. The third-order valence-corrected chi connectivity index (χ3v) is 17.5. The number of carbonyl (C=O) groups excluding carboxylic acids is 5. The molecule has 3 N–H and O–H groups in total. The number of hydrogen-bond donors (Lipinski definition) is 3. The number of nitrogens with zero attached hydrogens (tertiary/aromatic N) is 1. The van der Waals surface area contributed by atoms with Crippen LogP contribution in [0.25, 0.3) is 0 Å². The number of sulfone groups is 1. The van der Waals surface area contributed by atoms with E-state index in [1.807, 2.05) is 45.1 Å². The Labute approximate surface area is 452 Å². The predicted octanol–water partition coefficient (Wildman–Crippen LogP) is 5.63. The summed E-state index contributed by atoms with van der Waals surface area (Å²) in [6, 6.07) is -1.21. The van der Waals surface area contributed by atoms with Gasteiger partial charge in [-0.25, -0.2) is 13.2 Å². The van der Waals surface area contributed by atoms with Crippen LogP contribution in [0, 0.1) is 35.5 Å². The summed E-state index contributed by atoms with van der Waals surface area (Å²) in [6.07, 6.45) is 10.1. The molecule has 0 aromatic heterocycles. The van der Waals surface area contributed by atoms with Crippen molar-refractivity contribution in [1.82, 2.24) is 4.90 Å². The maximum Gasteiger partial charge on any atom is 0.329 e. The number of carbonyl (C=O) groups is 5. The van der Waals surface area contributed by atoms with Crippen LogP contribution in [0.2, 0.25) is 0 Å². The topological polar surface area (TPSA) is 248 Å². The number of amides is 1. The van der Waals surface area contributed by atoms with Crippen LogP contribution in [0.1, 0.15) is 126 Å². The van der Waals surface area contributed by atoms with E-state index in [4.69, 9.17) is 33.2 Å². The van der Waals surface area contributed by atoms with Gasteiger partial charge in [0.15, 0.2) is 15.6 Å². The minimum absolute atomic E-state index is 0.0272. The molecule has 0 aromatic rings. The number of piperidine rings is 1. The maximum absolute atomic E-state index is 14.6. The van der Waals surface area contributed by atoms with E-state index in [-0.39, 0.29) is 105 Å². The molecule has 3 fully saturated rings. The van der Waals surface area contributed by atoms with Gasteiger partial charge in [0.1, 0.15) is 30.1 Å². The first-order chi connectivity index (χ1) is 36.0. The third-order valence-electron chi connectivity index (χ3n) is 15.9. The van der Waals surface area contributed by atoms with Crippen LogP contribution < -0.4 is 0 Å². The van der Waals surface area contributed by atoms with Gasteiger partial charge in [0.05, 0.1) is 62.3 Å². The van der Waals surface area contributed by atoms with Crippen LogP contribution in [0.15, 0.2) is 47.6 Å². The number of allylic oxidation sites excluding steroid dienone is 6. The van der Waals surface area contributed by atoms with Gasteiger partial charge in [-0.1, -0.05) is 71.1 Å². The van der Waals surface area contributed by atoms with E-state index < -0.39 is 87.6 Å². The van der Waals surface area contributed by atoms with E-state index in [1.165, 1.54) is 14.2 Å². The van der Waals surface area contributed by atoms with Crippen molar-refractivity contribution < 1.29 is 80.9 Å². The SMILES string of the molecule is COCCS(=O)(=O)CCOC1C[C@@H]2CC[C@@H](C)[C@@](O)(O2)C(=O)C(=O)N2CCCC[C@H]2C(=O)O[C@H]([C@H](C)C[C@@H]2CC[C@@H](OCCO)[C@H](OC)C2)CC(=O)[C@H](C)/C=C(\C)[C@H](O)[C@@H](OC)C(=O)[C@H](C)C[C@H](C)/C=C/C=CC=C1C. The second-order valence-electron chi connectivity index (χ2n) is 21.9. The molecule has 4 aliphatic rings. The van der Waals surface area contributed by atoms with Crippen molar-refractivity contribution in [2.75, 3.05) is 65.8 Å². The quantitative estimate of drug-likeness (QED) is 0.102. The predicted molar refractivity (Wildman–Crippen MR) is 285 cm³/mol. The lowest BCUT2D eigenvalue weighted by Crippen LogP contribution is -2.61. The number of ketones is 3. The molecule has 3 heterocycles. The lowest BCUT2D eigenvalue weighted by molar-refractivity contribution is -0.266. The molecule has 0 aromatic carbocycles. The number of methoxy groups -OCH3 is 3. The summed E-state index contributed by atoms with van der Waals surface area (Å²) in [5.41, 5.74) is 1.06. The number of aliphatic hydroxyl groups is 3. The largest absolute Gasteiger partial charge is 0.460 e. The number of esters is 1. The molecule has 76 heavy (non-hydrogen) atoms. The van der Waals surface area contributed by atoms with Gasteiger partial charge < -0.3 is 53.4 Å². The molecular formula is C57H91NO17S. The van der Waals surface area contributed by atoms with Gasteiger partial charge in [0.25, 0.3) is 11.7 Å². The molecule has 1 unspecified atom stereocenters. The van der Waals surface area contributed by atoms with Crippen LogP contribution in [-0.2, 0) is 67.0 Å². The molecule has 18 nitrogen and oxygen atoms in total. The molecule has 1 saturated carbocycles. The third kappa shape index (κ3) is 18.8. The minimum Gasteiger partial charge on any atom is -0.460 e. The van der Waals surface area contributed by atoms with E-state index in [1.54, 1.807) is 47.0 Å². The van der Waals surface area contributed by atoms with Crippen molar-refractivity contribution in [1.29, 1.82) is 0 Å². The average molecular weight is 1090 g/mol. The summed E-state index contributed by atoms with van der Waals surface area (Å²) >= 11 is 0. The van der Waals surface area contributed by atoms with Gasteiger partial charge in [-0.2, -0.15) is 0 Å². The van der Waals surface area contributed by atoms with Gasteiger partial charge in [-0.3, -0.25) is 19.2 Å². The monoisotopic (exact) mass is 1090 g/mol. The molecule has 0 radical (unpaired) electrons. The zero-order valence-corrected chi connectivity index (χ0v) is 47.7. The van der Waals surface area contributed by atoms with E-state index in [9.17, 15) is 47.7 Å². The van der Waals surface area contributed by atoms with Crippen molar-refractivity contribution in [2.24, 2.45) is 35.5 Å². The Morgan fingerprint density at radius 2 is 1.55 bits per heavy atom. The Hall–Kier alpha value is -3.50. The Balaban J connectivity index is 1.72. The summed E-state index contributed by atoms with van der Waals surface area (Å²) in [4.78, 5) is 72.8. The first kappa shape index (κ1) is 65.0. The summed E-state index contributed by atoms with van der Waals surface area (Å²) in [5.74, 6) is -9.15. The van der Waals surface area contributed by atoms with Crippen LogP contribution in [0.3, 0.4) is 0 Å². The van der Waals surface area contributed by atoms with E-state index in [0.717, 1.165) is 11.3 Å². The van der Waals surface area contributed by atoms with E-state index in [2.05, 4.69) is 0 Å². The van der Waals surface area contributed by atoms with Gasteiger partial charge >= 0.3 is 5.97 Å². The van der Waals surface area contributed by atoms with Crippen molar-refractivity contribution in [2.45, 2.75) is 180 Å². The van der Waals surface area contributed by atoms with Crippen molar-refractivity contribution >= 4 is 39.1 Å². The Kier molecular flexibility index (Phi) is 26.8. The average Bonchev–Trinajstić information content (AvgIpc) is 3.39. The molecule has 432 valence electrons. The molecule has 1 amide bonds. The van der Waals surface area contributed by atoms with Crippen LogP contribution in [0.5, 0.6) is 0 Å². The molecule has 2 bridgehead atoms. The number of rotatable bonds is 15. The highest BCUT2D eigenvalue weighted by atomic mass is 32.2. The highest BCUT2D eigenvalue weighted by Gasteiger charge is 2.53. The zero-order valence-electron chi connectivity index (χ0n) is 46.9. The van der Waals surface area contributed by atoms with Crippen molar-refractivity contribution in [3.63, 3.8) is 0 Å². The van der Waals surface area contributed by atoms with Crippen LogP contribution in [0.4, 0.5) is 0 Å². The number of cyclic esters (lactones) is 1. The van der Waals surface area contributed by atoms with Crippen molar-refractivity contribution in [3.8, 4) is 0 Å². The van der Waals surface area contributed by atoms with Crippen LogP contribution in [-0.4, -0.2) is 178 Å². The Morgan fingerprint density at radius 1 is 0.829 bits per heavy atom. The van der Waals surface area contributed by atoms with Gasteiger partial charge in [-0.15, -0.1) is 0 Å². The number of fused-ring (bicyclic) bond motifs is 3. The molecule has 3 aliphatic heterocycles. The Bertz CT molecular complexity index is 2140. The summed E-state index contributed by atoms with van der Waals surface area (Å²) in [7, 11) is 0.879. The van der Waals surface area contributed by atoms with Gasteiger partial charge in [-0.05, 0) is 107 Å². The maximum atomic E-state index is 14.6. The van der Waals surface area contributed by atoms with Gasteiger partial charge in [0.2, 0.25) is 5.79 Å². The molecule has 15 atom stereocenters. The fraction of sp³-hybridized carbons (Fsp3) is 0.772. The zero-order chi connectivity index (χ0) is 56.3. The van der Waals surface area contributed by atoms with Crippen LogP contribution >= 0.6 is 0 Å². The molecule has 1 aliphatic carbocycles. The fourth-order valence-corrected chi connectivity index (χ4v) is 12.0. The molecule has 4 rings (SSSR count). The smallest absolute Gasteiger partial charge is 0.329 e. The van der Waals surface area contributed by atoms with Crippen molar-refractivity contribution in [3.05, 3.63) is 47.6 Å². The lowest BCUT2D eigenvalue weighted by atomic mass is 9.78. The summed E-state index contributed by atoms with van der Waals surface area (Å²) in [6.45, 7) is 12.4. The molecule has 0 spiro atoms. The number of ether oxygens (including phenoxy) is 7. The van der Waals surface area contributed by atoms with E-state index >= 15 is 0 Å². The highest BCUT2D eigenvalue weighted by molar-refractivity contribution is 7.91. The highest BCUT2D eigenvalue weighted by Crippen LogP contribution is 2.38. The fourth-order valence-electron chi connectivity index (χ4n) is 11.0. The first-order valence-corrected chi connectivity index (χ1v) is 29.3. The minimum atomic E-state index is -3.51.